The highest BCUT2D eigenvalue weighted by molar-refractivity contribution is 7.89. The lowest BCUT2D eigenvalue weighted by molar-refractivity contribution is 0.0948. The van der Waals surface area contributed by atoms with Crippen LogP contribution in [0.5, 0.6) is 0 Å². The van der Waals surface area contributed by atoms with Gasteiger partial charge in [-0.05, 0) is 44.0 Å². The first-order valence-electron chi connectivity index (χ1n) is 7.27. The lowest BCUT2D eigenvalue weighted by Gasteiger charge is -2.08. The smallest absolute Gasteiger partial charge is 0.276 e. The molecule has 0 atom stereocenters. The van der Waals surface area contributed by atoms with E-state index in [1.807, 2.05) is 13.8 Å². The van der Waals surface area contributed by atoms with Gasteiger partial charge in [-0.3, -0.25) is 15.0 Å². The van der Waals surface area contributed by atoms with E-state index in [1.54, 1.807) is 6.07 Å². The van der Waals surface area contributed by atoms with E-state index in [4.69, 9.17) is 0 Å². The van der Waals surface area contributed by atoms with Gasteiger partial charge in [-0.1, -0.05) is 19.1 Å². The fourth-order valence-corrected chi connectivity index (χ4v) is 3.99. The normalized spacial score (nSPS) is 11.3. The van der Waals surface area contributed by atoms with Gasteiger partial charge in [-0.15, -0.1) is 16.2 Å². The van der Waals surface area contributed by atoms with E-state index in [2.05, 4.69) is 10.3 Å². The molecule has 0 unspecified atom stereocenters. The monoisotopic (exact) mass is 366 g/mol. The maximum absolute atomic E-state index is 12.2. The number of ketones is 1. The molecule has 6 nitrogen and oxygen atoms in total. The van der Waals surface area contributed by atoms with Crippen molar-refractivity contribution in [2.45, 2.75) is 32.1 Å². The van der Waals surface area contributed by atoms with E-state index in [9.17, 15) is 18.0 Å². The zero-order valence-corrected chi connectivity index (χ0v) is 15.2. The molecule has 128 valence electrons. The molecule has 0 aliphatic rings. The molecule has 0 aliphatic heterocycles. The summed E-state index contributed by atoms with van der Waals surface area (Å²) in [5.74, 6) is -0.758. The van der Waals surface area contributed by atoms with E-state index >= 15 is 0 Å². The van der Waals surface area contributed by atoms with Gasteiger partial charge in [0.25, 0.3) is 15.9 Å². The molecule has 2 rings (SSSR count). The van der Waals surface area contributed by atoms with Crippen molar-refractivity contribution in [1.82, 2.24) is 10.3 Å². The van der Waals surface area contributed by atoms with Crippen LogP contribution in [0, 0.1) is 6.92 Å². The molecular formula is C16H18N2O4S2. The molecule has 8 heteroatoms. The van der Waals surface area contributed by atoms with Crippen molar-refractivity contribution in [3.63, 3.8) is 0 Å². The standard InChI is InChI=1S/C16H18N2O4S2/c1-4-14-10(2)8-15(23-14)16(20)17-18-24(21,22)13-7-5-6-12(9-13)11(3)19/h5-9,18H,4H2,1-3H3,(H,17,20). The van der Waals surface area contributed by atoms with Gasteiger partial charge >= 0.3 is 0 Å². The highest BCUT2D eigenvalue weighted by atomic mass is 32.2. The number of Topliss-reactive ketones (excluding diaryl/α,β-unsaturated/α-hetero) is 1. The first kappa shape index (κ1) is 18.3. The third-order valence-electron chi connectivity index (χ3n) is 3.42. The molecule has 0 bridgehead atoms. The number of carbonyl (C=O) groups excluding carboxylic acids is 2. The number of carbonyl (C=O) groups is 2. The van der Waals surface area contributed by atoms with Crippen LogP contribution in [0.2, 0.25) is 0 Å². The number of benzene rings is 1. The van der Waals surface area contributed by atoms with Gasteiger partial charge in [-0.25, -0.2) is 8.42 Å². The number of hydrazine groups is 1. The van der Waals surface area contributed by atoms with Crippen molar-refractivity contribution < 1.29 is 18.0 Å². The SMILES string of the molecule is CCc1sc(C(=O)NNS(=O)(=O)c2cccc(C(C)=O)c2)cc1C. The van der Waals surface area contributed by atoms with Gasteiger partial charge in [-0.2, -0.15) is 0 Å². The van der Waals surface area contributed by atoms with Gasteiger partial charge in [0.2, 0.25) is 0 Å². The summed E-state index contributed by atoms with van der Waals surface area (Å²) in [6, 6.07) is 7.35. The lowest BCUT2D eigenvalue weighted by atomic mass is 10.2. The fraction of sp³-hybridized carbons (Fsp3) is 0.250. The molecule has 0 radical (unpaired) electrons. The van der Waals surface area contributed by atoms with Crippen molar-refractivity contribution >= 4 is 33.1 Å². The number of nitrogens with one attached hydrogen (secondary N) is 2. The number of thiophene rings is 1. The maximum Gasteiger partial charge on any atom is 0.276 e. The Morgan fingerprint density at radius 1 is 1.21 bits per heavy atom. The van der Waals surface area contributed by atoms with Crippen LogP contribution in [0.3, 0.4) is 0 Å². The Morgan fingerprint density at radius 3 is 2.50 bits per heavy atom. The Kier molecular flexibility index (Phi) is 5.53. The lowest BCUT2D eigenvalue weighted by Crippen LogP contribution is -2.41. The van der Waals surface area contributed by atoms with Crippen molar-refractivity contribution in [3.05, 3.63) is 51.2 Å². The van der Waals surface area contributed by atoms with Crippen molar-refractivity contribution in [1.29, 1.82) is 0 Å². The summed E-state index contributed by atoms with van der Waals surface area (Å²) >= 11 is 1.33. The van der Waals surface area contributed by atoms with Gasteiger partial charge in [0.15, 0.2) is 5.78 Å². The third-order valence-corrected chi connectivity index (χ3v) is 6.04. The number of amides is 1. The van der Waals surface area contributed by atoms with Crippen molar-refractivity contribution in [2.75, 3.05) is 0 Å². The summed E-state index contributed by atoms with van der Waals surface area (Å²) in [5, 5.41) is 0. The number of hydrogen-bond donors (Lipinski definition) is 2. The number of aryl methyl sites for hydroxylation is 2. The molecule has 1 heterocycles. The maximum atomic E-state index is 12.2. The van der Waals surface area contributed by atoms with Crippen molar-refractivity contribution in [2.24, 2.45) is 0 Å². The van der Waals surface area contributed by atoms with Crippen LogP contribution in [0.15, 0.2) is 35.2 Å². The molecule has 2 N–H and O–H groups in total. The minimum absolute atomic E-state index is 0.0906. The van der Waals surface area contributed by atoms with E-state index in [0.717, 1.165) is 16.9 Å². The Labute approximate surface area is 144 Å². The van der Waals surface area contributed by atoms with Crippen LogP contribution in [-0.4, -0.2) is 20.1 Å². The van der Waals surface area contributed by atoms with Crippen LogP contribution in [-0.2, 0) is 16.4 Å². The second-order valence-corrected chi connectivity index (χ2v) is 8.03. The zero-order valence-electron chi connectivity index (χ0n) is 13.5. The molecule has 1 aromatic carbocycles. The Hall–Kier alpha value is -2.03. The number of hydrogen-bond acceptors (Lipinski definition) is 5. The molecule has 0 fully saturated rings. The molecule has 1 aromatic heterocycles. The summed E-state index contributed by atoms with van der Waals surface area (Å²) in [6.07, 6.45) is 0.813. The second kappa shape index (κ2) is 7.25. The summed E-state index contributed by atoms with van der Waals surface area (Å²) < 4.78 is 24.5. The topological polar surface area (TPSA) is 92.3 Å². The molecule has 0 spiro atoms. The summed E-state index contributed by atoms with van der Waals surface area (Å²) in [4.78, 5) is 26.9. The van der Waals surface area contributed by atoms with Crippen LogP contribution in [0.4, 0.5) is 0 Å². The van der Waals surface area contributed by atoms with Gasteiger partial charge < -0.3 is 0 Å². The largest absolute Gasteiger partial charge is 0.295 e. The Bertz CT molecular complexity index is 885. The molecule has 24 heavy (non-hydrogen) atoms. The first-order chi connectivity index (χ1) is 11.2. The van der Waals surface area contributed by atoms with Crippen LogP contribution >= 0.6 is 11.3 Å². The number of sulfonamides is 1. The highest BCUT2D eigenvalue weighted by Crippen LogP contribution is 2.22. The molecule has 1 amide bonds. The average Bonchev–Trinajstić information content (AvgIpc) is 2.94. The molecule has 0 saturated heterocycles. The van der Waals surface area contributed by atoms with E-state index in [1.165, 1.54) is 42.5 Å². The van der Waals surface area contributed by atoms with Gasteiger partial charge in [0.05, 0.1) is 9.77 Å². The average molecular weight is 366 g/mol. The van der Waals surface area contributed by atoms with Crippen LogP contribution < -0.4 is 10.3 Å². The van der Waals surface area contributed by atoms with Crippen molar-refractivity contribution in [3.8, 4) is 0 Å². The fourth-order valence-electron chi connectivity index (χ4n) is 2.10. The minimum Gasteiger partial charge on any atom is -0.295 e. The quantitative estimate of drug-likeness (QED) is 0.607. The second-order valence-electron chi connectivity index (χ2n) is 5.21. The van der Waals surface area contributed by atoms with Gasteiger partial charge in [0.1, 0.15) is 0 Å². The minimum atomic E-state index is -3.96. The van der Waals surface area contributed by atoms with E-state index in [-0.39, 0.29) is 16.2 Å². The predicted octanol–water partition coefficient (Wildman–Crippen LogP) is 2.44. The summed E-state index contributed by atoms with van der Waals surface area (Å²) in [7, 11) is -3.96. The summed E-state index contributed by atoms with van der Waals surface area (Å²) in [5.41, 5.74) is 3.49. The third kappa shape index (κ3) is 4.08. The Balaban J connectivity index is 2.13. The zero-order chi connectivity index (χ0) is 17.9. The van der Waals surface area contributed by atoms with E-state index in [0.29, 0.717) is 4.88 Å². The molecule has 0 aliphatic carbocycles. The van der Waals surface area contributed by atoms with Crippen LogP contribution in [0.1, 0.15) is 44.3 Å². The molecule has 2 aromatic rings. The predicted molar refractivity (Wildman–Crippen MR) is 92.7 cm³/mol. The summed E-state index contributed by atoms with van der Waals surface area (Å²) in [6.45, 7) is 5.25. The van der Waals surface area contributed by atoms with Crippen LogP contribution in [0.25, 0.3) is 0 Å². The molecule has 0 saturated carbocycles. The highest BCUT2D eigenvalue weighted by Gasteiger charge is 2.18. The van der Waals surface area contributed by atoms with Gasteiger partial charge in [0, 0.05) is 10.4 Å². The Morgan fingerprint density at radius 2 is 1.92 bits per heavy atom. The number of rotatable bonds is 6. The first-order valence-corrected chi connectivity index (χ1v) is 9.57. The molecular weight excluding hydrogens is 348 g/mol. The van der Waals surface area contributed by atoms with E-state index < -0.39 is 15.9 Å².